The molecule has 7 heteroatoms. The van der Waals surface area contributed by atoms with E-state index >= 15 is 0 Å². The molecule has 22 heavy (non-hydrogen) atoms. The highest BCUT2D eigenvalue weighted by molar-refractivity contribution is 9.10. The van der Waals surface area contributed by atoms with Gasteiger partial charge < -0.3 is 5.32 Å². The van der Waals surface area contributed by atoms with Crippen LogP contribution in [-0.2, 0) is 0 Å². The number of anilines is 1. The normalized spacial score (nSPS) is 10.5. The van der Waals surface area contributed by atoms with Crippen molar-refractivity contribution in [3.63, 3.8) is 0 Å². The monoisotopic (exact) mass is 360 g/mol. The zero-order valence-electron chi connectivity index (χ0n) is 11.2. The van der Waals surface area contributed by atoms with E-state index in [2.05, 4.69) is 31.3 Å². The number of hydrogen-bond donors (Lipinski definition) is 1. The summed E-state index contributed by atoms with van der Waals surface area (Å²) in [6.45, 7) is 0. The Balaban J connectivity index is 1.94. The third kappa shape index (κ3) is 2.89. The maximum Gasteiger partial charge on any atom is 0.256 e. The molecule has 0 saturated carbocycles. The van der Waals surface area contributed by atoms with Crippen LogP contribution in [-0.4, -0.2) is 20.7 Å². The second-order valence-corrected chi connectivity index (χ2v) is 5.29. The van der Waals surface area contributed by atoms with Gasteiger partial charge in [-0.3, -0.25) is 4.79 Å². The molecule has 0 spiro atoms. The number of amides is 1. The summed E-state index contributed by atoms with van der Waals surface area (Å²) < 4.78 is 15.4. The van der Waals surface area contributed by atoms with E-state index in [-0.39, 0.29) is 5.56 Å². The van der Waals surface area contributed by atoms with Gasteiger partial charge in [-0.05, 0) is 46.3 Å². The molecule has 0 bridgehead atoms. The van der Waals surface area contributed by atoms with Crippen LogP contribution in [0.15, 0.2) is 59.6 Å². The SMILES string of the molecule is O=C(Nc1ccccc1-n1cncn1)c1cc(F)ccc1Br. The molecule has 2 aromatic carbocycles. The van der Waals surface area contributed by atoms with Gasteiger partial charge in [0.25, 0.3) is 5.91 Å². The van der Waals surface area contributed by atoms with Crippen LogP contribution in [0.3, 0.4) is 0 Å². The Labute approximate surface area is 133 Å². The molecule has 0 aliphatic carbocycles. The molecular weight excluding hydrogens is 351 g/mol. The van der Waals surface area contributed by atoms with Gasteiger partial charge in [0.1, 0.15) is 18.5 Å². The van der Waals surface area contributed by atoms with Crippen LogP contribution >= 0.6 is 15.9 Å². The number of aromatic nitrogens is 3. The number of carbonyl (C=O) groups is 1. The van der Waals surface area contributed by atoms with Gasteiger partial charge >= 0.3 is 0 Å². The van der Waals surface area contributed by atoms with Gasteiger partial charge in [0.2, 0.25) is 0 Å². The lowest BCUT2D eigenvalue weighted by molar-refractivity contribution is 0.102. The predicted molar refractivity (Wildman–Crippen MR) is 83.4 cm³/mol. The van der Waals surface area contributed by atoms with E-state index in [9.17, 15) is 9.18 Å². The van der Waals surface area contributed by atoms with Gasteiger partial charge in [-0.1, -0.05) is 12.1 Å². The Hall–Kier alpha value is -2.54. The zero-order valence-corrected chi connectivity index (χ0v) is 12.8. The molecule has 1 aromatic heterocycles. The standard InChI is InChI=1S/C15H10BrFN4O/c16-12-6-5-10(17)7-11(12)15(22)20-13-3-1-2-4-14(13)21-9-18-8-19-21/h1-9H,(H,20,22). The summed E-state index contributed by atoms with van der Waals surface area (Å²) in [5.74, 6) is -0.892. The molecule has 0 saturated heterocycles. The quantitative estimate of drug-likeness (QED) is 0.778. The first-order valence-corrected chi connectivity index (χ1v) is 7.15. The summed E-state index contributed by atoms with van der Waals surface area (Å²) in [6.07, 6.45) is 2.94. The van der Waals surface area contributed by atoms with E-state index in [0.717, 1.165) is 0 Å². The molecule has 3 aromatic rings. The number of nitrogens with one attached hydrogen (secondary N) is 1. The van der Waals surface area contributed by atoms with Crippen molar-refractivity contribution in [3.8, 4) is 5.69 Å². The summed E-state index contributed by atoms with van der Waals surface area (Å²) in [6, 6.07) is 11.1. The maximum atomic E-state index is 13.3. The van der Waals surface area contributed by atoms with Crippen molar-refractivity contribution in [1.29, 1.82) is 0 Å². The molecule has 0 fully saturated rings. The van der Waals surface area contributed by atoms with E-state index in [1.165, 1.54) is 35.5 Å². The fourth-order valence-electron chi connectivity index (χ4n) is 1.97. The molecular formula is C15H10BrFN4O. The molecule has 1 amide bonds. The van der Waals surface area contributed by atoms with E-state index < -0.39 is 11.7 Å². The average Bonchev–Trinajstić information content (AvgIpc) is 3.04. The van der Waals surface area contributed by atoms with Crippen LogP contribution in [0.2, 0.25) is 0 Å². The fourth-order valence-corrected chi connectivity index (χ4v) is 2.40. The van der Waals surface area contributed by atoms with E-state index in [0.29, 0.717) is 15.8 Å². The van der Waals surface area contributed by atoms with Crippen molar-refractivity contribution in [2.75, 3.05) is 5.32 Å². The number of para-hydroxylation sites is 2. The van der Waals surface area contributed by atoms with Crippen LogP contribution in [0, 0.1) is 5.82 Å². The Morgan fingerprint density at radius 1 is 1.23 bits per heavy atom. The molecule has 0 aliphatic heterocycles. The summed E-state index contributed by atoms with van der Waals surface area (Å²) in [5.41, 5.74) is 1.43. The molecule has 1 heterocycles. The maximum absolute atomic E-state index is 13.3. The summed E-state index contributed by atoms with van der Waals surface area (Å²) in [7, 11) is 0. The number of halogens is 2. The van der Waals surface area contributed by atoms with Gasteiger partial charge in [0.15, 0.2) is 0 Å². The summed E-state index contributed by atoms with van der Waals surface area (Å²) in [5, 5.41) is 6.80. The van der Waals surface area contributed by atoms with Crippen molar-refractivity contribution in [2.24, 2.45) is 0 Å². The molecule has 0 unspecified atom stereocenters. The van der Waals surface area contributed by atoms with Crippen LogP contribution in [0.5, 0.6) is 0 Å². The lowest BCUT2D eigenvalue weighted by Gasteiger charge is -2.11. The van der Waals surface area contributed by atoms with Crippen molar-refractivity contribution < 1.29 is 9.18 Å². The largest absolute Gasteiger partial charge is 0.320 e. The third-order valence-corrected chi connectivity index (χ3v) is 3.68. The van der Waals surface area contributed by atoms with Crippen LogP contribution in [0.1, 0.15) is 10.4 Å². The molecule has 1 N–H and O–H groups in total. The second kappa shape index (κ2) is 6.07. The number of carbonyl (C=O) groups excluding carboxylic acids is 1. The number of rotatable bonds is 3. The van der Waals surface area contributed by atoms with Crippen LogP contribution < -0.4 is 5.32 Å². The van der Waals surface area contributed by atoms with E-state index in [1.54, 1.807) is 18.2 Å². The smallest absolute Gasteiger partial charge is 0.256 e. The first-order chi connectivity index (χ1) is 10.6. The highest BCUT2D eigenvalue weighted by Gasteiger charge is 2.14. The molecule has 5 nitrogen and oxygen atoms in total. The number of hydrogen-bond acceptors (Lipinski definition) is 3. The third-order valence-electron chi connectivity index (χ3n) is 2.99. The van der Waals surface area contributed by atoms with Crippen molar-refractivity contribution >= 4 is 27.5 Å². The first kappa shape index (κ1) is 14.4. The van der Waals surface area contributed by atoms with Crippen molar-refractivity contribution in [1.82, 2.24) is 14.8 Å². The fraction of sp³-hybridized carbons (Fsp3) is 0. The second-order valence-electron chi connectivity index (χ2n) is 4.44. The lowest BCUT2D eigenvalue weighted by atomic mass is 10.2. The summed E-state index contributed by atoms with van der Waals surface area (Å²) >= 11 is 3.25. The Morgan fingerprint density at radius 3 is 2.82 bits per heavy atom. The van der Waals surface area contributed by atoms with Crippen molar-refractivity contribution in [3.05, 3.63) is 71.0 Å². The predicted octanol–water partition coefficient (Wildman–Crippen LogP) is 3.42. The summed E-state index contributed by atoms with van der Waals surface area (Å²) in [4.78, 5) is 16.2. The van der Waals surface area contributed by atoms with E-state index in [1.807, 2.05) is 6.07 Å². The zero-order chi connectivity index (χ0) is 15.5. The van der Waals surface area contributed by atoms with Gasteiger partial charge in [-0.15, -0.1) is 0 Å². The minimum atomic E-state index is -0.474. The number of nitrogens with zero attached hydrogens (tertiary/aromatic N) is 3. The first-order valence-electron chi connectivity index (χ1n) is 6.35. The van der Waals surface area contributed by atoms with Gasteiger partial charge in [0.05, 0.1) is 16.9 Å². The Morgan fingerprint density at radius 2 is 2.05 bits per heavy atom. The van der Waals surface area contributed by atoms with Gasteiger partial charge in [0, 0.05) is 4.47 Å². The van der Waals surface area contributed by atoms with Crippen molar-refractivity contribution in [2.45, 2.75) is 0 Å². The molecule has 0 radical (unpaired) electrons. The highest BCUT2D eigenvalue weighted by Crippen LogP contribution is 2.22. The Kier molecular flexibility index (Phi) is 3.97. The van der Waals surface area contributed by atoms with Gasteiger partial charge in [-0.2, -0.15) is 5.10 Å². The minimum absolute atomic E-state index is 0.216. The average molecular weight is 361 g/mol. The topological polar surface area (TPSA) is 59.8 Å². The minimum Gasteiger partial charge on any atom is -0.320 e. The molecule has 0 aliphatic rings. The highest BCUT2D eigenvalue weighted by atomic mass is 79.9. The molecule has 110 valence electrons. The van der Waals surface area contributed by atoms with E-state index in [4.69, 9.17) is 0 Å². The number of benzene rings is 2. The van der Waals surface area contributed by atoms with Gasteiger partial charge in [-0.25, -0.2) is 14.1 Å². The Bertz CT molecular complexity index is 820. The molecule has 3 rings (SSSR count). The molecule has 0 atom stereocenters. The lowest BCUT2D eigenvalue weighted by Crippen LogP contribution is -2.14. The van der Waals surface area contributed by atoms with Crippen LogP contribution in [0.4, 0.5) is 10.1 Å². The van der Waals surface area contributed by atoms with Crippen LogP contribution in [0.25, 0.3) is 5.69 Å².